The first kappa shape index (κ1) is 11.2. The van der Waals surface area contributed by atoms with Gasteiger partial charge in [0, 0.05) is 41.4 Å². The van der Waals surface area contributed by atoms with Gasteiger partial charge in [0.25, 0.3) is 0 Å². The van der Waals surface area contributed by atoms with Crippen molar-refractivity contribution in [1.29, 1.82) is 5.26 Å². The second-order valence-corrected chi connectivity index (χ2v) is 5.40. The van der Waals surface area contributed by atoms with Gasteiger partial charge in [0.15, 0.2) is 0 Å². The lowest BCUT2D eigenvalue weighted by atomic mass is 10.1. The Balaban J connectivity index is 1.97. The molecule has 1 aliphatic heterocycles. The van der Waals surface area contributed by atoms with E-state index in [1.165, 1.54) is 0 Å². The van der Waals surface area contributed by atoms with E-state index in [1.807, 2.05) is 12.1 Å². The minimum atomic E-state index is -0.893. The number of nitrogens with zero attached hydrogens (tertiary/aromatic N) is 2. The van der Waals surface area contributed by atoms with Crippen molar-refractivity contribution >= 4 is 10.8 Å². The Morgan fingerprint density at radius 2 is 2.44 bits per heavy atom. The van der Waals surface area contributed by atoms with Gasteiger partial charge in [-0.2, -0.15) is 5.26 Å². The minimum Gasteiger partial charge on any atom is -0.316 e. The van der Waals surface area contributed by atoms with E-state index in [4.69, 9.17) is 5.26 Å². The maximum absolute atomic E-state index is 11.8. The molecular weight excluding hydrogens is 222 g/mol. The van der Waals surface area contributed by atoms with Crippen molar-refractivity contribution in [3.05, 3.63) is 29.6 Å². The monoisotopic (exact) mass is 235 g/mol. The van der Waals surface area contributed by atoms with Crippen molar-refractivity contribution < 1.29 is 4.21 Å². The molecule has 1 aromatic heterocycles. The van der Waals surface area contributed by atoms with E-state index in [9.17, 15) is 4.21 Å². The first-order valence-electron chi connectivity index (χ1n) is 5.19. The number of pyridine rings is 1. The fourth-order valence-corrected chi connectivity index (χ4v) is 3.08. The first-order valence-corrected chi connectivity index (χ1v) is 6.68. The summed E-state index contributed by atoms with van der Waals surface area (Å²) < 4.78 is 11.8. The molecule has 2 rings (SSSR count). The quantitative estimate of drug-likeness (QED) is 0.821. The molecule has 5 heteroatoms. The van der Waals surface area contributed by atoms with Gasteiger partial charge in [-0.25, -0.2) is 4.98 Å². The minimum absolute atomic E-state index is 0.391. The molecule has 0 bridgehead atoms. The van der Waals surface area contributed by atoms with Crippen LogP contribution in [0.2, 0.25) is 0 Å². The zero-order valence-electron chi connectivity index (χ0n) is 8.85. The van der Waals surface area contributed by atoms with Gasteiger partial charge in [0.1, 0.15) is 11.8 Å². The highest BCUT2D eigenvalue weighted by molar-refractivity contribution is 7.84. The molecule has 1 atom stereocenters. The third kappa shape index (κ3) is 2.65. The molecule has 1 aromatic rings. The molecule has 0 saturated carbocycles. The van der Waals surface area contributed by atoms with Crippen LogP contribution in [0.5, 0.6) is 0 Å². The van der Waals surface area contributed by atoms with Gasteiger partial charge in [-0.15, -0.1) is 0 Å². The Morgan fingerprint density at radius 1 is 1.62 bits per heavy atom. The van der Waals surface area contributed by atoms with Gasteiger partial charge in [0.2, 0.25) is 0 Å². The fourth-order valence-electron chi connectivity index (χ4n) is 1.62. The summed E-state index contributed by atoms with van der Waals surface area (Å²) in [6, 6.07) is 5.62. The van der Waals surface area contributed by atoms with Gasteiger partial charge in [-0.3, -0.25) is 4.21 Å². The van der Waals surface area contributed by atoms with E-state index in [0.29, 0.717) is 23.1 Å². The summed E-state index contributed by atoms with van der Waals surface area (Å²) in [5.41, 5.74) is 1.18. The molecule has 16 heavy (non-hydrogen) atoms. The summed E-state index contributed by atoms with van der Waals surface area (Å²) in [5.74, 6) is 1.68. The van der Waals surface area contributed by atoms with Crippen LogP contribution in [0.3, 0.4) is 0 Å². The maximum atomic E-state index is 11.8. The summed E-state index contributed by atoms with van der Waals surface area (Å²) >= 11 is 0. The average molecular weight is 235 g/mol. The van der Waals surface area contributed by atoms with Crippen molar-refractivity contribution in [3.63, 3.8) is 0 Å². The SMILES string of the molecule is N#Cc1ncccc1CS(=O)CC1CNC1. The van der Waals surface area contributed by atoms with Gasteiger partial charge in [-0.1, -0.05) is 6.07 Å². The molecule has 0 aliphatic carbocycles. The van der Waals surface area contributed by atoms with Crippen LogP contribution in [0.1, 0.15) is 11.3 Å². The topological polar surface area (TPSA) is 65.8 Å². The van der Waals surface area contributed by atoms with Gasteiger partial charge in [-0.05, 0) is 12.0 Å². The largest absolute Gasteiger partial charge is 0.316 e. The number of hydrogen-bond donors (Lipinski definition) is 1. The second-order valence-electron chi connectivity index (χ2n) is 3.90. The lowest BCUT2D eigenvalue weighted by Crippen LogP contribution is -2.44. The second kappa shape index (κ2) is 5.19. The number of nitriles is 1. The highest BCUT2D eigenvalue weighted by Crippen LogP contribution is 2.11. The van der Waals surface area contributed by atoms with Gasteiger partial charge < -0.3 is 5.32 Å². The van der Waals surface area contributed by atoms with Crippen LogP contribution in [-0.2, 0) is 16.6 Å². The molecule has 1 aliphatic rings. The van der Waals surface area contributed by atoms with E-state index in [2.05, 4.69) is 10.3 Å². The van der Waals surface area contributed by atoms with Crippen LogP contribution in [-0.4, -0.2) is 28.0 Å². The Kier molecular flexibility index (Phi) is 3.65. The summed E-state index contributed by atoms with van der Waals surface area (Å²) in [6.45, 7) is 1.92. The van der Waals surface area contributed by atoms with Crippen LogP contribution < -0.4 is 5.32 Å². The smallest absolute Gasteiger partial charge is 0.144 e. The third-order valence-electron chi connectivity index (χ3n) is 2.60. The lowest BCUT2D eigenvalue weighted by Gasteiger charge is -2.26. The van der Waals surface area contributed by atoms with Crippen LogP contribution in [0.25, 0.3) is 0 Å². The Hall–Kier alpha value is -1.25. The zero-order valence-corrected chi connectivity index (χ0v) is 9.67. The fraction of sp³-hybridized carbons (Fsp3) is 0.455. The van der Waals surface area contributed by atoms with Gasteiger partial charge in [0.05, 0.1) is 5.75 Å². The average Bonchev–Trinajstić information content (AvgIpc) is 2.24. The maximum Gasteiger partial charge on any atom is 0.144 e. The number of rotatable bonds is 4. The summed E-state index contributed by atoms with van der Waals surface area (Å²) in [7, 11) is -0.893. The number of aromatic nitrogens is 1. The molecule has 0 radical (unpaired) electrons. The van der Waals surface area contributed by atoms with E-state index in [1.54, 1.807) is 12.3 Å². The van der Waals surface area contributed by atoms with E-state index >= 15 is 0 Å². The van der Waals surface area contributed by atoms with Crippen molar-refractivity contribution in [2.45, 2.75) is 5.75 Å². The molecule has 0 spiro atoms. The van der Waals surface area contributed by atoms with E-state index in [0.717, 1.165) is 18.7 Å². The summed E-state index contributed by atoms with van der Waals surface area (Å²) in [4.78, 5) is 3.96. The predicted octanol–water partition coefficient (Wildman–Crippen LogP) is 0.421. The molecule has 1 N–H and O–H groups in total. The molecule has 1 fully saturated rings. The lowest BCUT2D eigenvalue weighted by molar-refractivity contribution is 0.382. The molecule has 1 unspecified atom stereocenters. The van der Waals surface area contributed by atoms with E-state index in [-0.39, 0.29) is 0 Å². The van der Waals surface area contributed by atoms with Gasteiger partial charge >= 0.3 is 0 Å². The van der Waals surface area contributed by atoms with Crippen LogP contribution >= 0.6 is 0 Å². The Bertz CT molecular complexity index is 437. The molecule has 4 nitrogen and oxygen atoms in total. The normalized spacial score (nSPS) is 17.4. The predicted molar refractivity (Wildman–Crippen MR) is 62.0 cm³/mol. The van der Waals surface area contributed by atoms with Crippen LogP contribution in [0.15, 0.2) is 18.3 Å². The van der Waals surface area contributed by atoms with Crippen molar-refractivity contribution in [1.82, 2.24) is 10.3 Å². The molecular formula is C11H13N3OS. The summed E-state index contributed by atoms with van der Waals surface area (Å²) in [5, 5.41) is 12.0. The number of nitrogens with one attached hydrogen (secondary N) is 1. The van der Waals surface area contributed by atoms with Crippen LogP contribution in [0, 0.1) is 17.2 Å². The zero-order chi connectivity index (χ0) is 11.4. The standard InChI is InChI=1S/C11H13N3OS/c12-4-11-10(2-1-3-14-11)8-16(15)7-9-5-13-6-9/h1-3,9,13H,5-8H2. The molecule has 1 saturated heterocycles. The van der Waals surface area contributed by atoms with Crippen molar-refractivity contribution in [3.8, 4) is 6.07 Å². The number of hydrogen-bond acceptors (Lipinski definition) is 4. The third-order valence-corrected chi connectivity index (χ3v) is 4.08. The highest BCUT2D eigenvalue weighted by atomic mass is 32.2. The molecule has 84 valence electrons. The Morgan fingerprint density at radius 3 is 3.06 bits per heavy atom. The molecule has 2 heterocycles. The Labute approximate surface area is 97.2 Å². The summed E-state index contributed by atoms with van der Waals surface area (Å²) in [6.07, 6.45) is 1.58. The van der Waals surface area contributed by atoms with E-state index < -0.39 is 10.8 Å². The molecule has 0 aromatic carbocycles. The highest BCUT2D eigenvalue weighted by Gasteiger charge is 2.19. The van der Waals surface area contributed by atoms with Crippen molar-refractivity contribution in [2.24, 2.45) is 5.92 Å². The van der Waals surface area contributed by atoms with Crippen LogP contribution in [0.4, 0.5) is 0 Å². The molecule has 0 amide bonds. The first-order chi connectivity index (χ1) is 7.79. The van der Waals surface area contributed by atoms with Crippen molar-refractivity contribution in [2.75, 3.05) is 18.8 Å².